The van der Waals surface area contributed by atoms with Crippen molar-refractivity contribution in [1.29, 1.82) is 0 Å². The summed E-state index contributed by atoms with van der Waals surface area (Å²) in [6.45, 7) is 2.33. The van der Waals surface area contributed by atoms with E-state index in [9.17, 15) is 5.11 Å². The Morgan fingerprint density at radius 3 is 3.15 bits per heavy atom. The van der Waals surface area contributed by atoms with Crippen LogP contribution in [0.15, 0.2) is 18.3 Å². The van der Waals surface area contributed by atoms with Crippen molar-refractivity contribution < 1.29 is 5.11 Å². The molecule has 1 saturated carbocycles. The van der Waals surface area contributed by atoms with Crippen molar-refractivity contribution in [2.45, 2.75) is 38.1 Å². The van der Waals surface area contributed by atoms with Crippen LogP contribution in [0.2, 0.25) is 5.02 Å². The van der Waals surface area contributed by atoms with E-state index in [0.717, 1.165) is 24.9 Å². The predicted molar refractivity (Wildman–Crippen MR) is 79.1 cm³/mol. The molecular formula is C14H19ClN4O. The molecule has 2 aromatic rings. The number of aromatic nitrogens is 3. The molecule has 0 amide bonds. The molecule has 2 aromatic heterocycles. The summed E-state index contributed by atoms with van der Waals surface area (Å²) in [5.74, 6) is 1.16. The molecule has 2 heterocycles. The summed E-state index contributed by atoms with van der Waals surface area (Å²) < 4.78 is 1.65. The van der Waals surface area contributed by atoms with E-state index < -0.39 is 0 Å². The van der Waals surface area contributed by atoms with E-state index >= 15 is 0 Å². The molecule has 6 heteroatoms. The summed E-state index contributed by atoms with van der Waals surface area (Å²) in [5, 5.41) is 18.1. The second-order valence-corrected chi connectivity index (χ2v) is 6.29. The first-order valence-corrected chi connectivity index (χ1v) is 7.39. The lowest BCUT2D eigenvalue weighted by atomic mass is 9.77. The quantitative estimate of drug-likeness (QED) is 0.914. The van der Waals surface area contributed by atoms with Crippen molar-refractivity contribution in [1.82, 2.24) is 14.6 Å². The molecule has 2 unspecified atom stereocenters. The van der Waals surface area contributed by atoms with Gasteiger partial charge >= 0.3 is 0 Å². The Morgan fingerprint density at radius 2 is 2.40 bits per heavy atom. The standard InChI is InChI=1S/C14H19ClN4O/c1-10-3-2-6-14(7-10,9-20)17-13-16-12-5-4-11(15)8-19(12)18-13/h4-5,8,10,20H,2-3,6-7,9H2,1H3,(H,17,18). The fraction of sp³-hybridized carbons (Fsp3) is 0.571. The van der Waals surface area contributed by atoms with Gasteiger partial charge in [-0.1, -0.05) is 31.4 Å². The van der Waals surface area contributed by atoms with Crippen LogP contribution in [-0.2, 0) is 0 Å². The van der Waals surface area contributed by atoms with Gasteiger partial charge in [0.1, 0.15) is 0 Å². The molecule has 5 nitrogen and oxygen atoms in total. The smallest absolute Gasteiger partial charge is 0.243 e. The maximum Gasteiger partial charge on any atom is 0.243 e. The van der Waals surface area contributed by atoms with Crippen LogP contribution in [0.25, 0.3) is 5.65 Å². The fourth-order valence-electron chi connectivity index (χ4n) is 3.10. The first kappa shape index (κ1) is 13.6. The average molecular weight is 295 g/mol. The Kier molecular flexibility index (Phi) is 3.56. The number of anilines is 1. The van der Waals surface area contributed by atoms with Crippen molar-refractivity contribution in [3.05, 3.63) is 23.4 Å². The molecule has 0 saturated heterocycles. The molecule has 0 aromatic carbocycles. The zero-order chi connectivity index (χ0) is 14.2. The minimum atomic E-state index is -0.299. The van der Waals surface area contributed by atoms with Crippen molar-refractivity contribution in [3.63, 3.8) is 0 Å². The first-order valence-electron chi connectivity index (χ1n) is 7.01. The average Bonchev–Trinajstić information content (AvgIpc) is 2.79. The highest BCUT2D eigenvalue weighted by atomic mass is 35.5. The number of nitrogens with zero attached hydrogens (tertiary/aromatic N) is 3. The van der Waals surface area contributed by atoms with Gasteiger partial charge in [-0.05, 0) is 30.9 Å². The largest absolute Gasteiger partial charge is 0.394 e. The van der Waals surface area contributed by atoms with Gasteiger partial charge in [0.05, 0.1) is 17.2 Å². The molecule has 2 atom stereocenters. The van der Waals surface area contributed by atoms with Crippen LogP contribution in [-0.4, -0.2) is 31.9 Å². The normalized spacial score (nSPS) is 26.9. The van der Waals surface area contributed by atoms with Gasteiger partial charge in [0.2, 0.25) is 5.95 Å². The number of aliphatic hydroxyl groups is 1. The molecule has 20 heavy (non-hydrogen) atoms. The number of hydrogen-bond acceptors (Lipinski definition) is 4. The van der Waals surface area contributed by atoms with E-state index in [2.05, 4.69) is 22.3 Å². The van der Waals surface area contributed by atoms with E-state index in [-0.39, 0.29) is 12.1 Å². The van der Waals surface area contributed by atoms with Gasteiger partial charge in [-0.3, -0.25) is 0 Å². The van der Waals surface area contributed by atoms with E-state index in [0.29, 0.717) is 16.9 Å². The monoisotopic (exact) mass is 294 g/mol. The molecule has 0 spiro atoms. The SMILES string of the molecule is CC1CCCC(CO)(Nc2nc3ccc(Cl)cn3n2)C1. The number of aliphatic hydroxyl groups excluding tert-OH is 1. The van der Waals surface area contributed by atoms with Gasteiger partial charge in [0, 0.05) is 6.20 Å². The van der Waals surface area contributed by atoms with Crippen LogP contribution in [0.3, 0.4) is 0 Å². The minimum absolute atomic E-state index is 0.105. The van der Waals surface area contributed by atoms with Crippen molar-refractivity contribution >= 4 is 23.2 Å². The number of rotatable bonds is 3. The molecule has 1 aliphatic rings. The van der Waals surface area contributed by atoms with Crippen molar-refractivity contribution in [2.75, 3.05) is 11.9 Å². The maximum atomic E-state index is 9.79. The Bertz CT molecular complexity index is 614. The lowest BCUT2D eigenvalue weighted by molar-refractivity contribution is 0.149. The van der Waals surface area contributed by atoms with Crippen LogP contribution >= 0.6 is 11.6 Å². The number of hydrogen-bond donors (Lipinski definition) is 2. The Labute approximate surface area is 123 Å². The third-order valence-electron chi connectivity index (χ3n) is 4.07. The fourth-order valence-corrected chi connectivity index (χ4v) is 3.26. The molecule has 1 fully saturated rings. The third-order valence-corrected chi connectivity index (χ3v) is 4.29. The van der Waals surface area contributed by atoms with Crippen LogP contribution in [0, 0.1) is 5.92 Å². The number of fused-ring (bicyclic) bond motifs is 1. The molecule has 3 rings (SSSR count). The number of pyridine rings is 1. The highest BCUT2D eigenvalue weighted by molar-refractivity contribution is 6.30. The van der Waals surface area contributed by atoms with Gasteiger partial charge in [-0.15, -0.1) is 5.10 Å². The zero-order valence-corrected chi connectivity index (χ0v) is 12.3. The molecule has 108 valence electrons. The number of nitrogens with one attached hydrogen (secondary N) is 1. The molecule has 1 aliphatic carbocycles. The zero-order valence-electron chi connectivity index (χ0n) is 11.5. The third kappa shape index (κ3) is 2.60. The van der Waals surface area contributed by atoms with Gasteiger partial charge < -0.3 is 10.4 Å². The molecular weight excluding hydrogens is 276 g/mol. The molecule has 0 radical (unpaired) electrons. The second-order valence-electron chi connectivity index (χ2n) is 5.85. The van der Waals surface area contributed by atoms with Crippen LogP contribution < -0.4 is 5.32 Å². The van der Waals surface area contributed by atoms with Crippen LogP contribution in [0.4, 0.5) is 5.95 Å². The van der Waals surface area contributed by atoms with Crippen LogP contribution in [0.1, 0.15) is 32.6 Å². The van der Waals surface area contributed by atoms with E-state index in [4.69, 9.17) is 11.6 Å². The summed E-state index contributed by atoms with van der Waals surface area (Å²) in [6, 6.07) is 3.62. The summed E-state index contributed by atoms with van der Waals surface area (Å²) >= 11 is 5.94. The summed E-state index contributed by atoms with van der Waals surface area (Å²) in [6.07, 6.45) is 5.96. The lowest BCUT2D eigenvalue weighted by Gasteiger charge is -2.39. The molecule has 0 bridgehead atoms. The van der Waals surface area contributed by atoms with Crippen LogP contribution in [0.5, 0.6) is 0 Å². The Balaban J connectivity index is 1.87. The second kappa shape index (κ2) is 5.22. The van der Waals surface area contributed by atoms with Gasteiger partial charge in [-0.2, -0.15) is 4.98 Å². The van der Waals surface area contributed by atoms with Gasteiger partial charge in [0.25, 0.3) is 0 Å². The van der Waals surface area contributed by atoms with Crippen molar-refractivity contribution in [2.24, 2.45) is 5.92 Å². The lowest BCUT2D eigenvalue weighted by Crippen LogP contribution is -2.46. The summed E-state index contributed by atoms with van der Waals surface area (Å²) in [5.41, 5.74) is 0.445. The predicted octanol–water partition coefficient (Wildman–Crippen LogP) is 2.74. The first-order chi connectivity index (χ1) is 9.60. The summed E-state index contributed by atoms with van der Waals surface area (Å²) in [7, 11) is 0. The van der Waals surface area contributed by atoms with Gasteiger partial charge in [-0.25, -0.2) is 4.52 Å². The molecule has 0 aliphatic heterocycles. The molecule has 2 N–H and O–H groups in total. The highest BCUT2D eigenvalue weighted by Gasteiger charge is 2.35. The van der Waals surface area contributed by atoms with E-state index in [1.54, 1.807) is 16.8 Å². The Hall–Kier alpha value is -1.33. The maximum absolute atomic E-state index is 9.79. The Morgan fingerprint density at radius 1 is 1.55 bits per heavy atom. The topological polar surface area (TPSA) is 62.5 Å². The number of halogens is 1. The minimum Gasteiger partial charge on any atom is -0.394 e. The van der Waals surface area contributed by atoms with E-state index in [1.165, 1.54) is 6.42 Å². The highest BCUT2D eigenvalue weighted by Crippen LogP contribution is 2.34. The van der Waals surface area contributed by atoms with E-state index in [1.807, 2.05) is 6.07 Å². The van der Waals surface area contributed by atoms with Gasteiger partial charge in [0.15, 0.2) is 5.65 Å². The summed E-state index contributed by atoms with van der Waals surface area (Å²) in [4.78, 5) is 4.44. The van der Waals surface area contributed by atoms with Crippen molar-refractivity contribution in [3.8, 4) is 0 Å².